The van der Waals surface area contributed by atoms with Crippen LogP contribution in [0.5, 0.6) is 0 Å². The molecular formula is C15H31N. The quantitative estimate of drug-likeness (QED) is 0.684. The number of hydrogen-bond donors (Lipinski definition) is 1. The molecule has 0 saturated heterocycles. The van der Waals surface area contributed by atoms with E-state index >= 15 is 0 Å². The van der Waals surface area contributed by atoms with Crippen molar-refractivity contribution in [1.29, 1.82) is 0 Å². The molecule has 0 heterocycles. The molecule has 0 aliphatic heterocycles. The predicted octanol–water partition coefficient (Wildman–Crippen LogP) is 4.23. The molecule has 96 valence electrons. The van der Waals surface area contributed by atoms with E-state index in [2.05, 4.69) is 33.0 Å². The Morgan fingerprint density at radius 2 is 1.69 bits per heavy atom. The maximum absolute atomic E-state index is 3.63. The van der Waals surface area contributed by atoms with Gasteiger partial charge in [0.05, 0.1) is 0 Å². The minimum atomic E-state index is 0.648. The fourth-order valence-electron chi connectivity index (χ4n) is 3.13. The molecule has 1 N–H and O–H groups in total. The van der Waals surface area contributed by atoms with Crippen molar-refractivity contribution in [3.63, 3.8) is 0 Å². The highest BCUT2D eigenvalue weighted by atomic mass is 14.9. The van der Waals surface area contributed by atoms with E-state index in [9.17, 15) is 0 Å². The zero-order valence-corrected chi connectivity index (χ0v) is 11.8. The Labute approximate surface area is 102 Å². The van der Waals surface area contributed by atoms with Crippen molar-refractivity contribution in [2.24, 2.45) is 17.8 Å². The number of hydrogen-bond acceptors (Lipinski definition) is 1. The smallest absolute Gasteiger partial charge is 0.00104 e. The van der Waals surface area contributed by atoms with Crippen LogP contribution in [0.15, 0.2) is 0 Å². The van der Waals surface area contributed by atoms with Crippen molar-refractivity contribution in [3.8, 4) is 0 Å². The van der Waals surface area contributed by atoms with Gasteiger partial charge in [0, 0.05) is 6.04 Å². The monoisotopic (exact) mass is 225 g/mol. The summed E-state index contributed by atoms with van der Waals surface area (Å²) in [5.74, 6) is 2.95. The predicted molar refractivity (Wildman–Crippen MR) is 72.7 cm³/mol. The summed E-state index contributed by atoms with van der Waals surface area (Å²) in [7, 11) is 0. The van der Waals surface area contributed by atoms with Gasteiger partial charge >= 0.3 is 0 Å². The summed E-state index contributed by atoms with van der Waals surface area (Å²) in [4.78, 5) is 0. The van der Waals surface area contributed by atoms with E-state index in [0.717, 1.165) is 17.8 Å². The first-order chi connectivity index (χ1) is 7.67. The van der Waals surface area contributed by atoms with Gasteiger partial charge in [-0.05, 0) is 37.1 Å². The molecule has 1 nitrogen and oxygen atoms in total. The molecule has 0 amide bonds. The van der Waals surface area contributed by atoms with Gasteiger partial charge in [-0.3, -0.25) is 0 Å². The van der Waals surface area contributed by atoms with Crippen molar-refractivity contribution in [1.82, 2.24) is 5.32 Å². The summed E-state index contributed by atoms with van der Waals surface area (Å²) in [6.07, 6.45) is 8.65. The van der Waals surface area contributed by atoms with Crippen LogP contribution in [0.25, 0.3) is 0 Å². The van der Waals surface area contributed by atoms with E-state index in [1.165, 1.54) is 45.1 Å². The van der Waals surface area contributed by atoms with Gasteiger partial charge in [-0.25, -0.2) is 0 Å². The summed E-state index contributed by atoms with van der Waals surface area (Å²) in [6.45, 7) is 10.5. The first-order valence-electron chi connectivity index (χ1n) is 7.40. The molecule has 0 aromatic rings. The minimum absolute atomic E-state index is 0.648. The van der Waals surface area contributed by atoms with Gasteiger partial charge in [-0.2, -0.15) is 0 Å². The average molecular weight is 225 g/mol. The lowest BCUT2D eigenvalue weighted by molar-refractivity contribution is 0.280. The Morgan fingerprint density at radius 1 is 1.06 bits per heavy atom. The van der Waals surface area contributed by atoms with Gasteiger partial charge in [-0.15, -0.1) is 0 Å². The lowest BCUT2D eigenvalue weighted by Gasteiger charge is -2.24. The van der Waals surface area contributed by atoms with E-state index in [0.29, 0.717) is 6.04 Å². The second-order valence-corrected chi connectivity index (χ2v) is 5.93. The molecule has 1 aliphatic rings. The molecule has 0 bridgehead atoms. The van der Waals surface area contributed by atoms with Crippen LogP contribution < -0.4 is 5.32 Å². The van der Waals surface area contributed by atoms with Gasteiger partial charge in [-0.1, -0.05) is 53.4 Å². The average Bonchev–Trinajstić information content (AvgIpc) is 2.70. The number of nitrogens with one attached hydrogen (secondary N) is 1. The standard InChI is InChI=1S/C15H31N/c1-5-13(6-2)10-14-8-7-9-15(14)11-16-12(3)4/h12-16H,5-11H2,1-4H3. The first-order valence-corrected chi connectivity index (χ1v) is 7.40. The van der Waals surface area contributed by atoms with Gasteiger partial charge in [0.1, 0.15) is 0 Å². The van der Waals surface area contributed by atoms with Crippen LogP contribution in [0.3, 0.4) is 0 Å². The summed E-state index contributed by atoms with van der Waals surface area (Å²) in [6, 6.07) is 0.648. The highest BCUT2D eigenvalue weighted by molar-refractivity contribution is 4.81. The van der Waals surface area contributed by atoms with Gasteiger partial charge < -0.3 is 5.32 Å². The molecule has 1 heteroatoms. The topological polar surface area (TPSA) is 12.0 Å². The summed E-state index contributed by atoms with van der Waals surface area (Å²) < 4.78 is 0. The van der Waals surface area contributed by atoms with Crippen LogP contribution in [0, 0.1) is 17.8 Å². The molecule has 2 atom stereocenters. The fourth-order valence-corrected chi connectivity index (χ4v) is 3.13. The number of rotatable bonds is 7. The van der Waals surface area contributed by atoms with Crippen molar-refractivity contribution in [2.45, 2.75) is 72.3 Å². The third-order valence-corrected chi connectivity index (χ3v) is 4.40. The SMILES string of the molecule is CCC(CC)CC1CCCC1CNC(C)C. The Hall–Kier alpha value is -0.0400. The lowest BCUT2D eigenvalue weighted by Crippen LogP contribution is -2.31. The molecule has 16 heavy (non-hydrogen) atoms. The van der Waals surface area contributed by atoms with Gasteiger partial charge in [0.15, 0.2) is 0 Å². The van der Waals surface area contributed by atoms with Crippen LogP contribution in [-0.2, 0) is 0 Å². The third-order valence-electron chi connectivity index (χ3n) is 4.40. The maximum Gasteiger partial charge on any atom is 0.00104 e. The van der Waals surface area contributed by atoms with Crippen molar-refractivity contribution in [2.75, 3.05) is 6.54 Å². The lowest BCUT2D eigenvalue weighted by atomic mass is 9.84. The molecule has 0 aromatic heterocycles. The zero-order valence-electron chi connectivity index (χ0n) is 11.8. The Kier molecular flexibility index (Phi) is 6.41. The third kappa shape index (κ3) is 4.45. The molecule has 1 fully saturated rings. The minimum Gasteiger partial charge on any atom is -0.314 e. The highest BCUT2D eigenvalue weighted by Gasteiger charge is 2.28. The Bertz CT molecular complexity index is 172. The molecule has 2 unspecified atom stereocenters. The summed E-state index contributed by atoms with van der Waals surface area (Å²) >= 11 is 0. The van der Waals surface area contributed by atoms with Crippen molar-refractivity contribution in [3.05, 3.63) is 0 Å². The van der Waals surface area contributed by atoms with Crippen LogP contribution in [0.2, 0.25) is 0 Å². The fraction of sp³-hybridized carbons (Fsp3) is 1.00. The molecule has 1 saturated carbocycles. The van der Waals surface area contributed by atoms with E-state index in [1.54, 1.807) is 0 Å². The van der Waals surface area contributed by atoms with Crippen LogP contribution in [-0.4, -0.2) is 12.6 Å². The van der Waals surface area contributed by atoms with Crippen molar-refractivity contribution >= 4 is 0 Å². The van der Waals surface area contributed by atoms with Crippen LogP contribution in [0.1, 0.15) is 66.2 Å². The molecule has 0 radical (unpaired) electrons. The van der Waals surface area contributed by atoms with E-state index in [4.69, 9.17) is 0 Å². The first kappa shape index (κ1) is 14.0. The molecule has 0 spiro atoms. The molecule has 0 aromatic carbocycles. The van der Waals surface area contributed by atoms with Gasteiger partial charge in [0.2, 0.25) is 0 Å². The van der Waals surface area contributed by atoms with E-state index < -0.39 is 0 Å². The highest BCUT2D eigenvalue weighted by Crippen LogP contribution is 2.37. The summed E-state index contributed by atoms with van der Waals surface area (Å²) in [5, 5.41) is 3.63. The second kappa shape index (κ2) is 7.32. The second-order valence-electron chi connectivity index (χ2n) is 5.93. The van der Waals surface area contributed by atoms with E-state index in [1.807, 2.05) is 0 Å². The molecule has 1 aliphatic carbocycles. The maximum atomic E-state index is 3.63. The molecule has 1 rings (SSSR count). The zero-order chi connectivity index (χ0) is 12.0. The van der Waals surface area contributed by atoms with E-state index in [-0.39, 0.29) is 0 Å². The largest absolute Gasteiger partial charge is 0.314 e. The Morgan fingerprint density at radius 3 is 2.25 bits per heavy atom. The summed E-state index contributed by atoms with van der Waals surface area (Å²) in [5.41, 5.74) is 0. The molecular weight excluding hydrogens is 194 g/mol. The van der Waals surface area contributed by atoms with Crippen LogP contribution in [0.4, 0.5) is 0 Å². The van der Waals surface area contributed by atoms with Crippen molar-refractivity contribution < 1.29 is 0 Å². The Balaban J connectivity index is 2.33. The van der Waals surface area contributed by atoms with Gasteiger partial charge in [0.25, 0.3) is 0 Å². The normalized spacial score (nSPS) is 25.9. The van der Waals surface area contributed by atoms with Crippen LogP contribution >= 0.6 is 0 Å².